The summed E-state index contributed by atoms with van der Waals surface area (Å²) in [6, 6.07) is 14.9. The van der Waals surface area contributed by atoms with Crippen molar-refractivity contribution in [3.05, 3.63) is 64.5 Å². The molecule has 0 fully saturated rings. The second-order valence-electron chi connectivity index (χ2n) is 4.79. The van der Waals surface area contributed by atoms with Crippen LogP contribution in [-0.2, 0) is 4.79 Å². The zero-order chi connectivity index (χ0) is 16.2. The highest BCUT2D eigenvalue weighted by atomic mass is 127. The quantitative estimate of drug-likeness (QED) is 0.610. The van der Waals surface area contributed by atoms with Gasteiger partial charge in [0.15, 0.2) is 0 Å². The number of halogens is 1. The fourth-order valence-corrected chi connectivity index (χ4v) is 2.46. The predicted octanol–water partition coefficient (Wildman–Crippen LogP) is 3.83. The van der Waals surface area contributed by atoms with Gasteiger partial charge in [-0.15, -0.1) is 0 Å². The Hall–Kier alpha value is -2.35. The largest absolute Gasteiger partial charge is 0.274 e. The standard InChI is InChI=1S/C17H13IN4O/c1-12(23)22(16-9-8-13(18)11-20-16)17-7-4-6-15(21-17)14-5-2-3-10-19-14/h2-11H,1H3. The van der Waals surface area contributed by atoms with Crippen LogP contribution in [0.2, 0.25) is 0 Å². The van der Waals surface area contributed by atoms with E-state index >= 15 is 0 Å². The van der Waals surface area contributed by atoms with Gasteiger partial charge in [-0.3, -0.25) is 9.78 Å². The molecular weight excluding hydrogens is 403 g/mol. The van der Waals surface area contributed by atoms with Crippen molar-refractivity contribution in [2.24, 2.45) is 0 Å². The van der Waals surface area contributed by atoms with Crippen molar-refractivity contribution in [2.75, 3.05) is 4.90 Å². The van der Waals surface area contributed by atoms with Crippen LogP contribution < -0.4 is 4.90 Å². The van der Waals surface area contributed by atoms with Gasteiger partial charge in [-0.05, 0) is 59.0 Å². The molecule has 6 heteroatoms. The Morgan fingerprint density at radius 3 is 2.43 bits per heavy atom. The summed E-state index contributed by atoms with van der Waals surface area (Å²) in [6.45, 7) is 1.49. The highest BCUT2D eigenvalue weighted by Crippen LogP contribution is 2.25. The number of pyridine rings is 3. The molecule has 0 saturated carbocycles. The number of carbonyl (C=O) groups excluding carboxylic acids is 1. The number of amides is 1. The normalized spacial score (nSPS) is 10.3. The van der Waals surface area contributed by atoms with E-state index in [1.54, 1.807) is 24.5 Å². The number of anilines is 2. The van der Waals surface area contributed by atoms with Gasteiger partial charge < -0.3 is 0 Å². The Morgan fingerprint density at radius 2 is 1.78 bits per heavy atom. The summed E-state index contributed by atoms with van der Waals surface area (Å²) in [5.41, 5.74) is 1.47. The van der Waals surface area contributed by atoms with E-state index in [1.807, 2.05) is 36.4 Å². The number of carbonyl (C=O) groups is 1. The Morgan fingerprint density at radius 1 is 0.957 bits per heavy atom. The van der Waals surface area contributed by atoms with E-state index in [0.717, 1.165) is 9.26 Å². The monoisotopic (exact) mass is 416 g/mol. The molecule has 23 heavy (non-hydrogen) atoms. The molecule has 114 valence electrons. The molecule has 0 unspecified atom stereocenters. The molecule has 3 rings (SSSR count). The van der Waals surface area contributed by atoms with Crippen LogP contribution >= 0.6 is 22.6 Å². The molecule has 0 spiro atoms. The lowest BCUT2D eigenvalue weighted by molar-refractivity contribution is -0.115. The van der Waals surface area contributed by atoms with Crippen LogP contribution in [-0.4, -0.2) is 20.9 Å². The molecule has 3 aromatic rings. The second-order valence-corrected chi connectivity index (χ2v) is 6.03. The van der Waals surface area contributed by atoms with Crippen LogP contribution in [0.1, 0.15) is 6.92 Å². The first-order chi connectivity index (χ1) is 11.1. The molecule has 0 saturated heterocycles. The van der Waals surface area contributed by atoms with Gasteiger partial charge in [-0.1, -0.05) is 12.1 Å². The van der Waals surface area contributed by atoms with E-state index in [-0.39, 0.29) is 5.91 Å². The Kier molecular flexibility index (Phi) is 4.61. The lowest BCUT2D eigenvalue weighted by atomic mass is 10.2. The van der Waals surface area contributed by atoms with Crippen LogP contribution in [0.15, 0.2) is 60.9 Å². The first kappa shape index (κ1) is 15.5. The van der Waals surface area contributed by atoms with Crippen LogP contribution in [0, 0.1) is 3.57 Å². The van der Waals surface area contributed by atoms with Gasteiger partial charge in [0.2, 0.25) is 5.91 Å². The lowest BCUT2D eigenvalue weighted by Gasteiger charge is -2.19. The number of nitrogens with zero attached hydrogens (tertiary/aromatic N) is 4. The van der Waals surface area contributed by atoms with Crippen molar-refractivity contribution >= 4 is 40.1 Å². The fraction of sp³-hybridized carbons (Fsp3) is 0.0588. The molecule has 3 aromatic heterocycles. The lowest BCUT2D eigenvalue weighted by Crippen LogP contribution is -2.24. The molecule has 0 bridgehead atoms. The van der Waals surface area contributed by atoms with Crippen LogP contribution in [0.5, 0.6) is 0 Å². The van der Waals surface area contributed by atoms with Crippen molar-refractivity contribution in [1.29, 1.82) is 0 Å². The van der Waals surface area contributed by atoms with E-state index in [1.165, 1.54) is 11.8 Å². The molecule has 0 aliphatic carbocycles. The van der Waals surface area contributed by atoms with E-state index in [2.05, 4.69) is 37.5 Å². The number of hydrogen-bond acceptors (Lipinski definition) is 4. The molecule has 0 atom stereocenters. The maximum atomic E-state index is 12.1. The third-order valence-electron chi connectivity index (χ3n) is 3.15. The van der Waals surface area contributed by atoms with E-state index in [9.17, 15) is 4.79 Å². The SMILES string of the molecule is CC(=O)N(c1ccc(I)cn1)c1cccc(-c2ccccn2)n1. The average molecular weight is 416 g/mol. The first-order valence-electron chi connectivity index (χ1n) is 6.96. The van der Waals surface area contributed by atoms with Crippen molar-refractivity contribution in [3.63, 3.8) is 0 Å². The third kappa shape index (κ3) is 3.53. The maximum absolute atomic E-state index is 12.1. The summed E-state index contributed by atoms with van der Waals surface area (Å²) in [5, 5.41) is 0. The summed E-state index contributed by atoms with van der Waals surface area (Å²) in [4.78, 5) is 26.8. The zero-order valence-electron chi connectivity index (χ0n) is 12.3. The minimum Gasteiger partial charge on any atom is -0.274 e. The van der Waals surface area contributed by atoms with Gasteiger partial charge in [0.05, 0.1) is 11.4 Å². The van der Waals surface area contributed by atoms with Crippen LogP contribution in [0.25, 0.3) is 11.4 Å². The van der Waals surface area contributed by atoms with Gasteiger partial charge in [0.25, 0.3) is 0 Å². The highest BCUT2D eigenvalue weighted by molar-refractivity contribution is 14.1. The maximum Gasteiger partial charge on any atom is 0.230 e. The van der Waals surface area contributed by atoms with Gasteiger partial charge in [-0.25, -0.2) is 14.9 Å². The molecule has 0 radical (unpaired) electrons. The van der Waals surface area contributed by atoms with E-state index in [0.29, 0.717) is 17.3 Å². The molecule has 0 aliphatic heterocycles. The molecular formula is C17H13IN4O. The molecule has 3 heterocycles. The van der Waals surface area contributed by atoms with E-state index in [4.69, 9.17) is 0 Å². The smallest absolute Gasteiger partial charge is 0.230 e. The molecule has 0 aliphatic rings. The topological polar surface area (TPSA) is 59.0 Å². The van der Waals surface area contributed by atoms with Crippen molar-refractivity contribution < 1.29 is 4.79 Å². The molecule has 1 amide bonds. The summed E-state index contributed by atoms with van der Waals surface area (Å²) in [7, 11) is 0. The van der Waals surface area contributed by atoms with Crippen LogP contribution in [0.4, 0.5) is 11.6 Å². The third-order valence-corrected chi connectivity index (χ3v) is 3.78. The first-order valence-corrected chi connectivity index (χ1v) is 8.04. The van der Waals surface area contributed by atoms with Gasteiger partial charge in [0, 0.05) is 22.9 Å². The van der Waals surface area contributed by atoms with Crippen molar-refractivity contribution in [2.45, 2.75) is 6.92 Å². The Bertz CT molecular complexity index is 822. The Labute approximate surface area is 147 Å². The minimum atomic E-state index is -0.149. The van der Waals surface area contributed by atoms with Gasteiger partial charge in [-0.2, -0.15) is 0 Å². The number of rotatable bonds is 3. The predicted molar refractivity (Wildman–Crippen MR) is 97.2 cm³/mol. The number of hydrogen-bond donors (Lipinski definition) is 0. The Balaban J connectivity index is 2.04. The molecule has 0 aromatic carbocycles. The van der Waals surface area contributed by atoms with Gasteiger partial charge >= 0.3 is 0 Å². The highest BCUT2D eigenvalue weighted by Gasteiger charge is 2.17. The van der Waals surface area contributed by atoms with E-state index < -0.39 is 0 Å². The van der Waals surface area contributed by atoms with Crippen LogP contribution in [0.3, 0.4) is 0 Å². The summed E-state index contributed by atoms with van der Waals surface area (Å²) in [6.07, 6.45) is 3.43. The van der Waals surface area contributed by atoms with Crippen molar-refractivity contribution in [1.82, 2.24) is 15.0 Å². The molecule has 5 nitrogen and oxygen atoms in total. The minimum absolute atomic E-state index is 0.149. The molecule has 0 N–H and O–H groups in total. The summed E-state index contributed by atoms with van der Waals surface area (Å²) in [5.74, 6) is 0.919. The van der Waals surface area contributed by atoms with Gasteiger partial charge in [0.1, 0.15) is 11.6 Å². The zero-order valence-corrected chi connectivity index (χ0v) is 14.5. The summed E-state index contributed by atoms with van der Waals surface area (Å²) >= 11 is 2.18. The van der Waals surface area contributed by atoms with Crippen molar-refractivity contribution in [3.8, 4) is 11.4 Å². The number of aromatic nitrogens is 3. The average Bonchev–Trinajstić information content (AvgIpc) is 2.58. The summed E-state index contributed by atoms with van der Waals surface area (Å²) < 4.78 is 1.00. The fourth-order valence-electron chi connectivity index (χ4n) is 2.15. The second kappa shape index (κ2) is 6.82.